The van der Waals surface area contributed by atoms with Crippen LogP contribution in [0.15, 0.2) is 41.3 Å². The fraction of sp³-hybridized carbons (Fsp3) is 0.364. The van der Waals surface area contributed by atoms with E-state index in [1.54, 1.807) is 0 Å². The Hall–Kier alpha value is -3.62. The predicted octanol–water partition coefficient (Wildman–Crippen LogP) is 3.95. The van der Waals surface area contributed by atoms with E-state index in [0.29, 0.717) is 26.0 Å². The van der Waals surface area contributed by atoms with Crippen molar-refractivity contribution in [2.45, 2.75) is 43.5 Å². The van der Waals surface area contributed by atoms with Crippen LogP contribution in [0.5, 0.6) is 5.75 Å². The largest absolute Gasteiger partial charge is 0.484 e. The summed E-state index contributed by atoms with van der Waals surface area (Å²) in [6.45, 7) is 2.06. The van der Waals surface area contributed by atoms with Gasteiger partial charge in [0.1, 0.15) is 11.9 Å². The number of alkyl halides is 3. The van der Waals surface area contributed by atoms with E-state index >= 15 is 0 Å². The van der Waals surface area contributed by atoms with Gasteiger partial charge in [0.25, 0.3) is 10.0 Å². The third kappa shape index (κ3) is 6.21. The Morgan fingerprint density at radius 2 is 1.78 bits per heavy atom. The fourth-order valence-corrected chi connectivity index (χ4v) is 4.69. The second kappa shape index (κ2) is 10.0. The van der Waals surface area contributed by atoms with Crippen LogP contribution < -0.4 is 19.7 Å². The SMILES string of the molecule is CC(=O)NCC1CN(S(=O)(=O)c2ccc(F)c(F)c2)c2cc(NC(=O)OC(C)(C)C(F)(F)F)ccc2O1. The van der Waals surface area contributed by atoms with Crippen LogP contribution in [0.2, 0.25) is 0 Å². The fourth-order valence-electron chi connectivity index (χ4n) is 3.18. The lowest BCUT2D eigenvalue weighted by molar-refractivity contribution is -0.242. The molecule has 15 heteroatoms. The number of rotatable bonds is 6. The highest BCUT2D eigenvalue weighted by Gasteiger charge is 2.51. The molecule has 0 saturated carbocycles. The van der Waals surface area contributed by atoms with Gasteiger partial charge in [0, 0.05) is 12.6 Å². The first kappa shape index (κ1) is 28.0. The van der Waals surface area contributed by atoms with Crippen molar-refractivity contribution in [2.24, 2.45) is 0 Å². The number of anilines is 2. The van der Waals surface area contributed by atoms with Crippen molar-refractivity contribution >= 4 is 33.4 Å². The highest BCUT2D eigenvalue weighted by molar-refractivity contribution is 7.92. The first-order valence-electron chi connectivity index (χ1n) is 10.6. The van der Waals surface area contributed by atoms with Gasteiger partial charge in [0.15, 0.2) is 11.6 Å². The van der Waals surface area contributed by atoms with Crippen molar-refractivity contribution in [1.82, 2.24) is 5.32 Å². The molecule has 2 aromatic rings. The summed E-state index contributed by atoms with van der Waals surface area (Å²) in [6.07, 6.45) is -7.21. The summed E-state index contributed by atoms with van der Waals surface area (Å²) in [5, 5.41) is 4.58. The minimum absolute atomic E-state index is 0.0256. The molecule has 1 aliphatic heterocycles. The standard InChI is InChI=1S/C22H22F5N3O6S/c1-12(31)28-10-14-11-30(37(33,34)15-5-6-16(23)17(24)9-15)18-8-13(4-7-19(18)35-14)29-20(32)36-21(2,3)22(25,26)27/h4-9,14H,10-11H2,1-3H3,(H,28,31)(H,29,32). The summed E-state index contributed by atoms with van der Waals surface area (Å²) in [4.78, 5) is 22.8. The van der Waals surface area contributed by atoms with Gasteiger partial charge >= 0.3 is 12.3 Å². The third-order valence-electron chi connectivity index (χ3n) is 5.23. The van der Waals surface area contributed by atoms with Crippen molar-refractivity contribution in [2.75, 3.05) is 22.7 Å². The zero-order chi connectivity index (χ0) is 27.8. The molecule has 2 N–H and O–H groups in total. The normalized spacial score (nSPS) is 15.9. The second-order valence-corrected chi connectivity index (χ2v) is 10.4. The van der Waals surface area contributed by atoms with Crippen LogP contribution in [-0.4, -0.2) is 51.4 Å². The minimum Gasteiger partial charge on any atom is -0.484 e. The highest BCUT2D eigenvalue weighted by Crippen LogP contribution is 2.39. The van der Waals surface area contributed by atoms with Gasteiger partial charge in [-0.3, -0.25) is 14.4 Å². The van der Waals surface area contributed by atoms with Crippen LogP contribution in [0.4, 0.5) is 38.1 Å². The number of ether oxygens (including phenoxy) is 2. The van der Waals surface area contributed by atoms with Crippen LogP contribution in [0.25, 0.3) is 0 Å². The Kier molecular flexibility index (Phi) is 7.58. The number of fused-ring (bicyclic) bond motifs is 1. The van der Waals surface area contributed by atoms with Crippen LogP contribution in [0.1, 0.15) is 20.8 Å². The predicted molar refractivity (Wildman–Crippen MR) is 121 cm³/mol. The molecule has 0 fully saturated rings. The van der Waals surface area contributed by atoms with Crippen molar-refractivity contribution in [3.05, 3.63) is 48.0 Å². The van der Waals surface area contributed by atoms with E-state index < -0.39 is 56.4 Å². The topological polar surface area (TPSA) is 114 Å². The van der Waals surface area contributed by atoms with Gasteiger partial charge < -0.3 is 14.8 Å². The molecule has 0 saturated heterocycles. The van der Waals surface area contributed by atoms with Crippen molar-refractivity contribution < 1.29 is 49.4 Å². The Bertz CT molecular complexity index is 1320. The van der Waals surface area contributed by atoms with Crippen LogP contribution in [0, 0.1) is 11.6 Å². The first-order valence-corrected chi connectivity index (χ1v) is 12.0. The summed E-state index contributed by atoms with van der Waals surface area (Å²) in [5.41, 5.74) is -3.11. The van der Waals surface area contributed by atoms with Crippen molar-refractivity contribution in [3.8, 4) is 5.75 Å². The maximum absolute atomic E-state index is 13.8. The molecule has 1 aliphatic rings. The number of benzene rings is 2. The van der Waals surface area contributed by atoms with Crippen molar-refractivity contribution in [1.29, 1.82) is 0 Å². The van der Waals surface area contributed by atoms with Gasteiger partial charge in [-0.25, -0.2) is 22.0 Å². The molecular weight excluding hydrogens is 529 g/mol. The Balaban J connectivity index is 1.97. The highest BCUT2D eigenvalue weighted by atomic mass is 32.2. The van der Waals surface area contributed by atoms with Crippen LogP contribution in [-0.2, 0) is 19.6 Å². The zero-order valence-electron chi connectivity index (χ0n) is 19.7. The summed E-state index contributed by atoms with van der Waals surface area (Å²) in [6, 6.07) is 5.54. The number of carbonyl (C=O) groups excluding carboxylic acids is 2. The average molecular weight is 551 g/mol. The summed E-state index contributed by atoms with van der Waals surface area (Å²) in [5.74, 6) is -3.11. The lowest BCUT2D eigenvalue weighted by Gasteiger charge is -2.35. The molecule has 37 heavy (non-hydrogen) atoms. The van der Waals surface area contributed by atoms with E-state index in [9.17, 15) is 40.0 Å². The molecule has 1 heterocycles. The Morgan fingerprint density at radius 3 is 2.38 bits per heavy atom. The van der Waals surface area contributed by atoms with E-state index in [1.165, 1.54) is 19.1 Å². The van der Waals surface area contributed by atoms with Crippen molar-refractivity contribution in [3.63, 3.8) is 0 Å². The number of halogens is 5. The molecule has 2 amide bonds. The van der Waals surface area contributed by atoms with Gasteiger partial charge in [-0.05, 0) is 50.2 Å². The van der Waals surface area contributed by atoms with Gasteiger partial charge in [0.05, 0.1) is 23.7 Å². The van der Waals surface area contributed by atoms with E-state index in [1.807, 2.05) is 0 Å². The number of hydrogen-bond acceptors (Lipinski definition) is 6. The summed E-state index contributed by atoms with van der Waals surface area (Å²) < 4.78 is 104. The van der Waals surface area contributed by atoms with Gasteiger partial charge in [-0.2, -0.15) is 13.2 Å². The molecule has 3 rings (SSSR count). The molecule has 0 aromatic heterocycles. The maximum atomic E-state index is 13.8. The van der Waals surface area contributed by atoms with Crippen LogP contribution in [0.3, 0.4) is 0 Å². The van der Waals surface area contributed by atoms with E-state index in [4.69, 9.17) is 4.74 Å². The number of nitrogens with zero attached hydrogens (tertiary/aromatic N) is 1. The quantitative estimate of drug-likeness (QED) is 0.526. The summed E-state index contributed by atoms with van der Waals surface area (Å²) in [7, 11) is -4.54. The summed E-state index contributed by atoms with van der Waals surface area (Å²) >= 11 is 0. The molecule has 0 radical (unpaired) electrons. The lowest BCUT2D eigenvalue weighted by atomic mass is 10.1. The number of hydrogen-bond donors (Lipinski definition) is 2. The molecule has 1 atom stereocenters. The minimum atomic E-state index is -4.85. The third-order valence-corrected chi connectivity index (χ3v) is 7.00. The maximum Gasteiger partial charge on any atom is 0.427 e. The van der Waals surface area contributed by atoms with Crippen LogP contribution >= 0.6 is 0 Å². The second-order valence-electron chi connectivity index (χ2n) is 8.49. The molecule has 0 bridgehead atoms. The molecular formula is C22H22F5N3O6S. The molecule has 202 valence electrons. The molecule has 2 aromatic carbocycles. The first-order chi connectivity index (χ1) is 17.0. The number of nitrogens with one attached hydrogen (secondary N) is 2. The van der Waals surface area contributed by atoms with E-state index in [0.717, 1.165) is 16.4 Å². The van der Waals surface area contributed by atoms with Gasteiger partial charge in [0.2, 0.25) is 11.5 Å². The molecule has 1 unspecified atom stereocenters. The zero-order valence-corrected chi connectivity index (χ0v) is 20.5. The lowest BCUT2D eigenvalue weighted by Crippen LogP contribution is -2.48. The number of sulfonamides is 1. The number of amides is 2. The molecule has 9 nitrogen and oxygen atoms in total. The van der Waals surface area contributed by atoms with E-state index in [2.05, 4.69) is 15.4 Å². The smallest absolute Gasteiger partial charge is 0.427 e. The molecule has 0 spiro atoms. The average Bonchev–Trinajstić information content (AvgIpc) is 2.77. The Morgan fingerprint density at radius 1 is 1.11 bits per heavy atom. The molecule has 0 aliphatic carbocycles. The number of carbonyl (C=O) groups is 2. The van der Waals surface area contributed by atoms with E-state index in [-0.39, 0.29) is 30.2 Å². The monoisotopic (exact) mass is 551 g/mol. The van der Waals surface area contributed by atoms with Gasteiger partial charge in [-0.15, -0.1) is 0 Å². The van der Waals surface area contributed by atoms with Gasteiger partial charge in [-0.1, -0.05) is 0 Å². The Labute approximate surface area is 208 Å².